The summed E-state index contributed by atoms with van der Waals surface area (Å²) in [6.45, 7) is 3.80. The number of nitrogens with one attached hydrogen (secondary N) is 2. The molecule has 2 N–H and O–H groups in total. The van der Waals surface area contributed by atoms with Crippen LogP contribution in [0.3, 0.4) is 0 Å². The van der Waals surface area contributed by atoms with Gasteiger partial charge in [-0.2, -0.15) is 0 Å². The van der Waals surface area contributed by atoms with E-state index in [9.17, 15) is 9.59 Å². The fourth-order valence-electron chi connectivity index (χ4n) is 2.94. The zero-order valence-electron chi connectivity index (χ0n) is 18.1. The van der Waals surface area contributed by atoms with Crippen LogP contribution in [0.15, 0.2) is 47.6 Å². The van der Waals surface area contributed by atoms with E-state index >= 15 is 0 Å². The number of rotatable bonds is 9. The van der Waals surface area contributed by atoms with Crippen LogP contribution in [0.5, 0.6) is 0 Å². The first-order valence-corrected chi connectivity index (χ1v) is 11.9. The number of ether oxygens (including phenoxy) is 1. The minimum absolute atomic E-state index is 0.0511. The number of carbonyl (C=O) groups excluding carboxylic acids is 2. The van der Waals surface area contributed by atoms with Gasteiger partial charge >= 0.3 is 12.0 Å². The number of hydrogen-bond acceptors (Lipinski definition) is 6. The highest BCUT2D eigenvalue weighted by atomic mass is 35.5. The summed E-state index contributed by atoms with van der Waals surface area (Å²) in [5, 5.41) is 15.2. The molecule has 174 valence electrons. The molecule has 1 aromatic heterocycles. The van der Waals surface area contributed by atoms with Crippen molar-refractivity contribution in [1.29, 1.82) is 0 Å². The molecule has 11 heteroatoms. The number of aromatic nitrogens is 3. The van der Waals surface area contributed by atoms with E-state index in [1.54, 1.807) is 29.7 Å². The maximum absolute atomic E-state index is 12.1. The van der Waals surface area contributed by atoms with Crippen molar-refractivity contribution in [1.82, 2.24) is 25.4 Å². The molecule has 0 radical (unpaired) electrons. The van der Waals surface area contributed by atoms with Gasteiger partial charge in [0.05, 0.1) is 23.9 Å². The Morgan fingerprint density at radius 3 is 2.70 bits per heavy atom. The molecule has 1 heterocycles. The highest BCUT2D eigenvalue weighted by molar-refractivity contribution is 7.98. The number of aryl methyl sites for hydroxylation is 1. The number of esters is 1. The molecule has 0 aliphatic carbocycles. The third-order valence-corrected chi connectivity index (χ3v) is 5.96. The van der Waals surface area contributed by atoms with Gasteiger partial charge in [0.25, 0.3) is 0 Å². The maximum atomic E-state index is 12.1. The summed E-state index contributed by atoms with van der Waals surface area (Å²) in [6, 6.07) is 12.8. The highest BCUT2D eigenvalue weighted by Crippen LogP contribution is 2.31. The first-order valence-electron chi connectivity index (χ1n) is 10.1. The predicted octanol–water partition coefficient (Wildman–Crippen LogP) is 4.54. The molecule has 0 saturated heterocycles. The summed E-state index contributed by atoms with van der Waals surface area (Å²) in [4.78, 5) is 23.5. The van der Waals surface area contributed by atoms with Gasteiger partial charge in [-0.25, -0.2) is 4.79 Å². The van der Waals surface area contributed by atoms with Crippen LogP contribution in [-0.4, -0.2) is 39.9 Å². The number of thioether (sulfide) groups is 1. The second kappa shape index (κ2) is 11.9. The van der Waals surface area contributed by atoms with Crippen LogP contribution in [0.4, 0.5) is 4.79 Å². The molecule has 0 spiro atoms. The summed E-state index contributed by atoms with van der Waals surface area (Å²) >= 11 is 14.2. The normalized spacial score (nSPS) is 10.7. The summed E-state index contributed by atoms with van der Waals surface area (Å²) in [5.41, 5.74) is 2.92. The first-order chi connectivity index (χ1) is 15.9. The van der Waals surface area contributed by atoms with Crippen molar-refractivity contribution in [3.8, 4) is 5.69 Å². The number of amides is 2. The summed E-state index contributed by atoms with van der Waals surface area (Å²) in [5.74, 6) is 0.611. The van der Waals surface area contributed by atoms with Crippen LogP contribution >= 0.6 is 35.0 Å². The molecule has 0 bridgehead atoms. The molecule has 33 heavy (non-hydrogen) atoms. The molecule has 0 atom stereocenters. The monoisotopic (exact) mass is 507 g/mol. The van der Waals surface area contributed by atoms with Crippen molar-refractivity contribution < 1.29 is 14.3 Å². The number of benzene rings is 2. The molecular formula is C22H23Cl2N5O3S. The Balaban J connectivity index is 1.79. The van der Waals surface area contributed by atoms with Crippen molar-refractivity contribution >= 4 is 47.0 Å². The topological polar surface area (TPSA) is 98.1 Å². The summed E-state index contributed by atoms with van der Waals surface area (Å²) in [6.07, 6.45) is 0. The van der Waals surface area contributed by atoms with Gasteiger partial charge in [0, 0.05) is 10.8 Å². The largest absolute Gasteiger partial charge is 0.465 e. The molecule has 0 unspecified atom stereocenters. The van der Waals surface area contributed by atoms with Gasteiger partial charge in [0.15, 0.2) is 11.0 Å². The molecule has 0 aliphatic heterocycles. The molecule has 3 aromatic rings. The number of urea groups is 1. The lowest BCUT2D eigenvalue weighted by atomic mass is 10.2. The Morgan fingerprint density at radius 2 is 1.94 bits per heavy atom. The minimum atomic E-state index is -0.538. The van der Waals surface area contributed by atoms with Crippen molar-refractivity contribution in [2.45, 2.75) is 31.3 Å². The van der Waals surface area contributed by atoms with E-state index in [0.717, 1.165) is 5.56 Å². The second-order valence-electron chi connectivity index (χ2n) is 6.95. The van der Waals surface area contributed by atoms with E-state index in [4.69, 9.17) is 27.9 Å². The smallest absolute Gasteiger partial charge is 0.325 e. The molecule has 2 amide bonds. The Hall–Kier alpha value is -2.75. The predicted molar refractivity (Wildman–Crippen MR) is 129 cm³/mol. The number of halogens is 2. The second-order valence-corrected chi connectivity index (χ2v) is 8.74. The third-order valence-electron chi connectivity index (χ3n) is 4.41. The lowest BCUT2D eigenvalue weighted by Crippen LogP contribution is -2.39. The fraction of sp³-hybridized carbons (Fsp3) is 0.273. The zero-order valence-corrected chi connectivity index (χ0v) is 20.4. The van der Waals surface area contributed by atoms with Gasteiger partial charge in [-0.1, -0.05) is 64.8 Å². The van der Waals surface area contributed by atoms with Gasteiger partial charge in [0.2, 0.25) is 0 Å². The average molecular weight is 508 g/mol. The van der Waals surface area contributed by atoms with E-state index < -0.39 is 12.0 Å². The number of hydrogen-bond donors (Lipinski definition) is 2. The summed E-state index contributed by atoms with van der Waals surface area (Å²) in [7, 11) is 0. The van der Waals surface area contributed by atoms with Crippen LogP contribution in [-0.2, 0) is 21.8 Å². The average Bonchev–Trinajstić information content (AvgIpc) is 3.19. The summed E-state index contributed by atoms with van der Waals surface area (Å²) < 4.78 is 6.56. The Kier molecular flexibility index (Phi) is 8.99. The minimum Gasteiger partial charge on any atom is -0.465 e. The van der Waals surface area contributed by atoms with Crippen LogP contribution in [0.1, 0.15) is 23.9 Å². The van der Waals surface area contributed by atoms with E-state index in [1.165, 1.54) is 17.3 Å². The number of nitrogens with zero attached hydrogens (tertiary/aromatic N) is 3. The van der Waals surface area contributed by atoms with Crippen LogP contribution in [0.2, 0.25) is 10.0 Å². The molecule has 8 nitrogen and oxygen atoms in total. The van der Waals surface area contributed by atoms with Crippen LogP contribution < -0.4 is 10.6 Å². The van der Waals surface area contributed by atoms with Gasteiger partial charge in [0.1, 0.15) is 6.54 Å². The standard InChI is InChI=1S/C22H23Cl2N5O3S/c1-3-32-20(30)12-26-21(31)25-11-19-27-28-22(33-13-15-6-4-5-14(2)9-15)29(19)18-10-16(23)7-8-17(18)24/h4-10H,3,11-13H2,1-2H3,(H2,25,26,31). The third kappa shape index (κ3) is 7.12. The molecule has 0 aliphatic rings. The van der Waals surface area contributed by atoms with E-state index in [1.807, 2.05) is 25.1 Å². The quantitative estimate of drug-likeness (QED) is 0.326. The number of carbonyl (C=O) groups is 2. The first kappa shape index (κ1) is 24.9. The lowest BCUT2D eigenvalue weighted by molar-refractivity contribution is -0.141. The molecule has 0 saturated carbocycles. The Labute approximate surface area is 206 Å². The van der Waals surface area contributed by atoms with Gasteiger partial charge in [-0.05, 0) is 37.6 Å². The van der Waals surface area contributed by atoms with Crippen LogP contribution in [0, 0.1) is 6.92 Å². The Bertz CT molecular complexity index is 1140. The molecular weight excluding hydrogens is 485 g/mol. The maximum Gasteiger partial charge on any atom is 0.325 e. The molecule has 0 fully saturated rings. The van der Waals surface area contributed by atoms with Gasteiger partial charge in [-0.3, -0.25) is 9.36 Å². The van der Waals surface area contributed by atoms with Gasteiger partial charge < -0.3 is 15.4 Å². The van der Waals surface area contributed by atoms with E-state index in [2.05, 4.69) is 26.9 Å². The van der Waals surface area contributed by atoms with Crippen molar-refractivity contribution in [2.75, 3.05) is 13.2 Å². The van der Waals surface area contributed by atoms with Crippen molar-refractivity contribution in [3.05, 3.63) is 69.5 Å². The lowest BCUT2D eigenvalue weighted by Gasteiger charge is -2.13. The van der Waals surface area contributed by atoms with Crippen LogP contribution in [0.25, 0.3) is 5.69 Å². The molecule has 2 aromatic carbocycles. The van der Waals surface area contributed by atoms with Crippen molar-refractivity contribution in [2.24, 2.45) is 0 Å². The SMILES string of the molecule is CCOC(=O)CNC(=O)NCc1nnc(SCc2cccc(C)c2)n1-c1cc(Cl)ccc1Cl. The van der Waals surface area contributed by atoms with E-state index in [-0.39, 0.29) is 19.7 Å². The highest BCUT2D eigenvalue weighted by Gasteiger charge is 2.18. The molecule has 3 rings (SSSR count). The fourth-order valence-corrected chi connectivity index (χ4v) is 4.22. The zero-order chi connectivity index (χ0) is 23.8. The van der Waals surface area contributed by atoms with E-state index in [0.29, 0.717) is 32.5 Å². The van der Waals surface area contributed by atoms with Gasteiger partial charge in [-0.15, -0.1) is 10.2 Å². The van der Waals surface area contributed by atoms with Crippen molar-refractivity contribution in [3.63, 3.8) is 0 Å². The Morgan fingerprint density at radius 1 is 1.12 bits per heavy atom.